The molecule has 4 aromatic rings. The van der Waals surface area contributed by atoms with Crippen molar-refractivity contribution in [2.45, 2.75) is 45.4 Å². The Morgan fingerprint density at radius 2 is 1.56 bits per heavy atom. The molecule has 0 radical (unpaired) electrons. The summed E-state index contributed by atoms with van der Waals surface area (Å²) in [5.41, 5.74) is 15.0. The van der Waals surface area contributed by atoms with E-state index in [1.54, 1.807) is 0 Å². The number of fused-ring (bicyclic) bond motifs is 1. The van der Waals surface area contributed by atoms with E-state index in [0.29, 0.717) is 5.56 Å². The predicted octanol–water partition coefficient (Wildman–Crippen LogP) is 5.70. The molecule has 0 fully saturated rings. The van der Waals surface area contributed by atoms with Gasteiger partial charge < -0.3 is 10.3 Å². The molecule has 4 nitrogen and oxygen atoms in total. The maximum Gasteiger partial charge on any atom is 0.112 e. The number of hydrogen-bond donors (Lipinski definition) is 1. The molecular formula is C28H30N4. The van der Waals surface area contributed by atoms with Gasteiger partial charge in [0.25, 0.3) is 0 Å². The third-order valence-corrected chi connectivity index (χ3v) is 6.21. The lowest BCUT2D eigenvalue weighted by Crippen LogP contribution is -2.10. The van der Waals surface area contributed by atoms with Crippen LogP contribution in [0.2, 0.25) is 0 Å². The second kappa shape index (κ2) is 8.51. The van der Waals surface area contributed by atoms with Gasteiger partial charge in [0.1, 0.15) is 11.3 Å². The first-order valence-electron chi connectivity index (χ1n) is 11.1. The zero-order valence-electron chi connectivity index (χ0n) is 19.3. The minimum Gasteiger partial charge on any atom is -0.397 e. The Kier molecular flexibility index (Phi) is 5.76. The average Bonchev–Trinajstić information content (AvgIpc) is 3.10. The number of anilines is 1. The highest BCUT2D eigenvalue weighted by atomic mass is 15.1. The molecule has 0 atom stereocenters. The molecule has 0 saturated heterocycles. The Labute approximate surface area is 190 Å². The molecule has 3 aromatic carbocycles. The zero-order valence-corrected chi connectivity index (χ0v) is 19.3. The van der Waals surface area contributed by atoms with E-state index in [2.05, 4.69) is 67.8 Å². The Morgan fingerprint density at radius 3 is 2.19 bits per heavy atom. The summed E-state index contributed by atoms with van der Waals surface area (Å²) in [6.45, 7) is 6.69. The van der Waals surface area contributed by atoms with Crippen LogP contribution in [0, 0.1) is 11.3 Å². The van der Waals surface area contributed by atoms with Gasteiger partial charge in [0.2, 0.25) is 0 Å². The minimum absolute atomic E-state index is 0.151. The third kappa shape index (κ3) is 4.38. The molecular weight excluding hydrogens is 392 g/mol. The summed E-state index contributed by atoms with van der Waals surface area (Å²) in [7, 11) is 2.05. The first kappa shape index (κ1) is 21.6. The van der Waals surface area contributed by atoms with Gasteiger partial charge in [0, 0.05) is 13.5 Å². The number of benzene rings is 3. The molecule has 1 heterocycles. The number of aromatic nitrogens is 2. The molecule has 2 N–H and O–H groups in total. The van der Waals surface area contributed by atoms with Crippen LogP contribution in [0.4, 0.5) is 5.69 Å². The number of nitrogen functional groups attached to an aromatic ring is 1. The Bertz CT molecular complexity index is 1280. The first-order chi connectivity index (χ1) is 15.3. The van der Waals surface area contributed by atoms with E-state index in [9.17, 15) is 0 Å². The molecule has 32 heavy (non-hydrogen) atoms. The van der Waals surface area contributed by atoms with Crippen LogP contribution in [0.3, 0.4) is 0 Å². The summed E-state index contributed by atoms with van der Waals surface area (Å²) in [5.74, 6) is 1.02. The topological polar surface area (TPSA) is 67.6 Å². The molecule has 0 spiro atoms. The summed E-state index contributed by atoms with van der Waals surface area (Å²) in [4.78, 5) is 4.89. The van der Waals surface area contributed by atoms with Crippen molar-refractivity contribution >= 4 is 16.7 Å². The fraction of sp³-hybridized carbons (Fsp3) is 0.286. The molecule has 0 amide bonds. The SMILES string of the molecule is Cn1c(CCc2ccc(C#N)cc2)nc2c(N)c(Cc3ccc(C(C)(C)C)cc3)ccc21. The zero-order chi connectivity index (χ0) is 22.9. The molecule has 0 unspecified atom stereocenters. The van der Waals surface area contributed by atoms with Gasteiger partial charge in [-0.1, -0.05) is 63.2 Å². The highest BCUT2D eigenvalue weighted by molar-refractivity contribution is 5.89. The van der Waals surface area contributed by atoms with E-state index in [-0.39, 0.29) is 5.41 Å². The summed E-state index contributed by atoms with van der Waals surface area (Å²) >= 11 is 0. The Hall–Kier alpha value is -3.58. The van der Waals surface area contributed by atoms with Crippen molar-refractivity contribution in [2.75, 3.05) is 5.73 Å². The van der Waals surface area contributed by atoms with Gasteiger partial charge in [-0.3, -0.25) is 0 Å². The van der Waals surface area contributed by atoms with Gasteiger partial charge in [-0.05, 0) is 58.7 Å². The molecule has 0 bridgehead atoms. The number of nitriles is 1. The van der Waals surface area contributed by atoms with Gasteiger partial charge in [-0.2, -0.15) is 5.26 Å². The largest absolute Gasteiger partial charge is 0.397 e. The van der Waals surface area contributed by atoms with Crippen molar-refractivity contribution in [3.8, 4) is 6.07 Å². The van der Waals surface area contributed by atoms with E-state index in [0.717, 1.165) is 47.4 Å². The molecule has 4 heteroatoms. The molecule has 1 aromatic heterocycles. The second-order valence-corrected chi connectivity index (χ2v) is 9.53. The van der Waals surface area contributed by atoms with Crippen molar-refractivity contribution in [1.82, 2.24) is 9.55 Å². The van der Waals surface area contributed by atoms with Gasteiger partial charge in [0.05, 0.1) is 22.8 Å². The van der Waals surface area contributed by atoms with Gasteiger partial charge >= 0.3 is 0 Å². The highest BCUT2D eigenvalue weighted by Gasteiger charge is 2.15. The van der Waals surface area contributed by atoms with E-state index in [4.69, 9.17) is 16.0 Å². The highest BCUT2D eigenvalue weighted by Crippen LogP contribution is 2.28. The lowest BCUT2D eigenvalue weighted by atomic mass is 9.86. The lowest BCUT2D eigenvalue weighted by molar-refractivity contribution is 0.590. The summed E-state index contributed by atoms with van der Waals surface area (Å²) in [6.07, 6.45) is 2.49. The van der Waals surface area contributed by atoms with E-state index < -0.39 is 0 Å². The van der Waals surface area contributed by atoms with Crippen molar-refractivity contribution in [3.63, 3.8) is 0 Å². The third-order valence-electron chi connectivity index (χ3n) is 6.21. The average molecular weight is 423 g/mol. The Balaban J connectivity index is 1.55. The van der Waals surface area contributed by atoms with Crippen LogP contribution in [0.25, 0.3) is 11.0 Å². The van der Waals surface area contributed by atoms with Crippen LogP contribution in [0.1, 0.15) is 54.4 Å². The van der Waals surface area contributed by atoms with Crippen LogP contribution in [0.5, 0.6) is 0 Å². The van der Waals surface area contributed by atoms with Crippen molar-refractivity contribution < 1.29 is 0 Å². The number of aryl methyl sites for hydroxylation is 3. The fourth-order valence-corrected chi connectivity index (χ4v) is 4.09. The predicted molar refractivity (Wildman–Crippen MR) is 132 cm³/mol. The number of rotatable bonds is 5. The smallest absolute Gasteiger partial charge is 0.112 e. The van der Waals surface area contributed by atoms with Crippen LogP contribution >= 0.6 is 0 Å². The quantitative estimate of drug-likeness (QED) is 0.419. The summed E-state index contributed by atoms with van der Waals surface area (Å²) < 4.78 is 2.14. The fourth-order valence-electron chi connectivity index (χ4n) is 4.09. The van der Waals surface area contributed by atoms with Crippen molar-refractivity contribution in [2.24, 2.45) is 7.05 Å². The normalized spacial score (nSPS) is 11.6. The standard InChI is InChI=1S/C28H30N4/c1-28(2,3)23-13-9-20(10-14-23)17-22-12-15-24-27(26(22)30)31-25(32(24)4)16-11-19-5-7-21(18-29)8-6-19/h5-10,12-15H,11,16-17,30H2,1-4H3. The number of hydrogen-bond acceptors (Lipinski definition) is 3. The molecule has 0 aliphatic carbocycles. The monoisotopic (exact) mass is 422 g/mol. The van der Waals surface area contributed by atoms with Crippen molar-refractivity contribution in [3.05, 3.63) is 94.3 Å². The van der Waals surface area contributed by atoms with Crippen LogP contribution in [0.15, 0.2) is 60.7 Å². The van der Waals surface area contributed by atoms with Crippen LogP contribution in [-0.4, -0.2) is 9.55 Å². The second-order valence-electron chi connectivity index (χ2n) is 9.53. The van der Waals surface area contributed by atoms with Crippen molar-refractivity contribution in [1.29, 1.82) is 5.26 Å². The Morgan fingerprint density at radius 1 is 0.906 bits per heavy atom. The number of nitrogens with two attached hydrogens (primary N) is 1. The molecule has 4 rings (SSSR count). The summed E-state index contributed by atoms with van der Waals surface area (Å²) in [6, 6.07) is 23.0. The minimum atomic E-state index is 0.151. The lowest BCUT2D eigenvalue weighted by Gasteiger charge is -2.19. The van der Waals surface area contributed by atoms with E-state index >= 15 is 0 Å². The first-order valence-corrected chi connectivity index (χ1v) is 11.1. The molecule has 0 aliphatic rings. The van der Waals surface area contributed by atoms with E-state index in [1.165, 1.54) is 16.7 Å². The molecule has 0 saturated carbocycles. The van der Waals surface area contributed by atoms with Gasteiger partial charge in [0.15, 0.2) is 0 Å². The molecule has 162 valence electrons. The number of imidazole rings is 1. The maximum absolute atomic E-state index is 8.96. The van der Waals surface area contributed by atoms with Crippen LogP contribution < -0.4 is 5.73 Å². The van der Waals surface area contributed by atoms with Gasteiger partial charge in [-0.25, -0.2) is 4.98 Å². The maximum atomic E-state index is 8.96. The number of nitrogens with zero attached hydrogens (tertiary/aromatic N) is 3. The van der Waals surface area contributed by atoms with Crippen LogP contribution in [-0.2, 0) is 31.7 Å². The van der Waals surface area contributed by atoms with Gasteiger partial charge in [-0.15, -0.1) is 0 Å². The van der Waals surface area contributed by atoms with E-state index in [1.807, 2.05) is 31.3 Å². The molecule has 0 aliphatic heterocycles. The summed E-state index contributed by atoms with van der Waals surface area (Å²) in [5, 5.41) is 8.96.